The molecule has 0 aliphatic carbocycles. The maximum absolute atomic E-state index is 13.1. The molecular formula is C22H16IN3O3. The van der Waals surface area contributed by atoms with Gasteiger partial charge in [0.05, 0.1) is 5.69 Å². The number of hydrogen-bond donors (Lipinski definition) is 1. The van der Waals surface area contributed by atoms with E-state index >= 15 is 0 Å². The first kappa shape index (κ1) is 19.1. The molecule has 0 bridgehead atoms. The molecule has 3 aromatic rings. The minimum atomic E-state index is -0.750. The normalized spacial score (nSPS) is 15.7. The smallest absolute Gasteiger partial charge is 0.317 e. The van der Waals surface area contributed by atoms with Crippen molar-refractivity contribution in [1.29, 1.82) is 0 Å². The summed E-state index contributed by atoms with van der Waals surface area (Å²) in [7, 11) is 0. The zero-order chi connectivity index (χ0) is 20.5. The number of amides is 4. The third-order valence-corrected chi connectivity index (χ3v) is 5.35. The number of para-hydroxylation sites is 1. The molecule has 7 heteroatoms. The van der Waals surface area contributed by atoms with Crippen LogP contribution in [0.3, 0.4) is 0 Å². The van der Waals surface area contributed by atoms with Gasteiger partial charge in [0.15, 0.2) is 0 Å². The van der Waals surface area contributed by atoms with Gasteiger partial charge < -0.3 is 4.57 Å². The van der Waals surface area contributed by atoms with E-state index in [4.69, 9.17) is 0 Å². The zero-order valence-electron chi connectivity index (χ0n) is 15.4. The van der Waals surface area contributed by atoms with Crippen molar-refractivity contribution in [2.24, 2.45) is 0 Å². The SMILES string of the molecule is Cc1ccccc1N1C(=O)NC(=O)/C(=C\c2cccn2-c2ccc(I)cc2)C1=O. The largest absolute Gasteiger partial charge is 0.335 e. The Morgan fingerprint density at radius 1 is 0.931 bits per heavy atom. The van der Waals surface area contributed by atoms with Crippen LogP contribution in [0.1, 0.15) is 11.3 Å². The van der Waals surface area contributed by atoms with Gasteiger partial charge in [-0.2, -0.15) is 0 Å². The highest BCUT2D eigenvalue weighted by Crippen LogP contribution is 2.25. The Labute approximate surface area is 181 Å². The van der Waals surface area contributed by atoms with Gasteiger partial charge in [-0.15, -0.1) is 0 Å². The summed E-state index contributed by atoms with van der Waals surface area (Å²) < 4.78 is 2.98. The number of nitrogens with one attached hydrogen (secondary N) is 1. The number of aromatic nitrogens is 1. The van der Waals surface area contributed by atoms with Crippen LogP contribution in [0.15, 0.2) is 72.4 Å². The highest BCUT2D eigenvalue weighted by atomic mass is 127. The Balaban J connectivity index is 1.76. The standard InChI is InChI=1S/C22H16IN3O3/c1-14-5-2-3-7-19(14)26-21(28)18(20(27)24-22(26)29)13-17-6-4-12-25(17)16-10-8-15(23)9-11-16/h2-13H,1H3,(H,24,27,29)/b18-13+. The molecule has 0 saturated carbocycles. The Hall–Kier alpha value is -3.20. The highest BCUT2D eigenvalue weighted by Gasteiger charge is 2.37. The second-order valence-electron chi connectivity index (χ2n) is 6.52. The maximum Gasteiger partial charge on any atom is 0.335 e. The summed E-state index contributed by atoms with van der Waals surface area (Å²) in [6.45, 7) is 1.80. The first-order valence-corrected chi connectivity index (χ1v) is 9.94. The summed E-state index contributed by atoms with van der Waals surface area (Å²) in [5, 5.41) is 2.26. The van der Waals surface area contributed by atoms with Gasteiger partial charge in [0.1, 0.15) is 5.57 Å². The topological polar surface area (TPSA) is 71.4 Å². The van der Waals surface area contributed by atoms with Crippen LogP contribution in [0.2, 0.25) is 0 Å². The molecule has 1 aliphatic heterocycles. The molecule has 2 heterocycles. The van der Waals surface area contributed by atoms with Crippen molar-refractivity contribution < 1.29 is 14.4 Å². The van der Waals surface area contributed by atoms with E-state index in [1.165, 1.54) is 6.08 Å². The number of halogens is 1. The van der Waals surface area contributed by atoms with E-state index in [-0.39, 0.29) is 5.57 Å². The van der Waals surface area contributed by atoms with Gasteiger partial charge in [-0.05, 0) is 83.6 Å². The quantitative estimate of drug-likeness (QED) is 0.337. The van der Waals surface area contributed by atoms with Crippen molar-refractivity contribution >= 4 is 52.2 Å². The average molecular weight is 497 g/mol. The monoisotopic (exact) mass is 497 g/mol. The summed E-state index contributed by atoms with van der Waals surface area (Å²) in [6, 6.07) is 17.8. The summed E-state index contributed by atoms with van der Waals surface area (Å²) in [6.07, 6.45) is 3.36. The van der Waals surface area contributed by atoms with Gasteiger partial charge in [-0.1, -0.05) is 18.2 Å². The van der Waals surface area contributed by atoms with E-state index in [2.05, 4.69) is 27.9 Å². The molecule has 144 valence electrons. The molecule has 0 unspecified atom stereocenters. The lowest BCUT2D eigenvalue weighted by atomic mass is 10.1. The number of hydrogen-bond acceptors (Lipinski definition) is 3. The van der Waals surface area contributed by atoms with Gasteiger partial charge in [-0.3, -0.25) is 14.9 Å². The Bertz CT molecular complexity index is 1160. The molecule has 1 saturated heterocycles. The molecule has 4 rings (SSSR count). The lowest BCUT2D eigenvalue weighted by Crippen LogP contribution is -2.54. The predicted octanol–water partition coefficient (Wildman–Crippen LogP) is 4.06. The Morgan fingerprint density at radius 2 is 1.66 bits per heavy atom. The number of anilines is 1. The van der Waals surface area contributed by atoms with Crippen molar-refractivity contribution in [3.8, 4) is 5.69 Å². The summed E-state index contributed by atoms with van der Waals surface area (Å²) in [5.41, 5.74) is 2.66. The second kappa shape index (κ2) is 7.67. The van der Waals surface area contributed by atoms with Crippen molar-refractivity contribution in [2.75, 3.05) is 4.90 Å². The number of rotatable bonds is 3. The molecular weight excluding hydrogens is 481 g/mol. The third-order valence-electron chi connectivity index (χ3n) is 4.64. The number of barbiturate groups is 1. The first-order valence-electron chi connectivity index (χ1n) is 8.86. The van der Waals surface area contributed by atoms with Gasteiger partial charge in [-0.25, -0.2) is 9.69 Å². The summed E-state index contributed by atoms with van der Waals surface area (Å²) >= 11 is 2.23. The lowest BCUT2D eigenvalue weighted by Gasteiger charge is -2.27. The molecule has 6 nitrogen and oxygen atoms in total. The predicted molar refractivity (Wildman–Crippen MR) is 119 cm³/mol. The van der Waals surface area contributed by atoms with Crippen LogP contribution in [-0.2, 0) is 9.59 Å². The van der Waals surface area contributed by atoms with E-state index < -0.39 is 17.8 Å². The van der Waals surface area contributed by atoms with Crippen LogP contribution >= 0.6 is 22.6 Å². The molecule has 29 heavy (non-hydrogen) atoms. The molecule has 2 aromatic carbocycles. The minimum absolute atomic E-state index is 0.0988. The second-order valence-corrected chi connectivity index (χ2v) is 7.77. The van der Waals surface area contributed by atoms with E-state index in [0.29, 0.717) is 11.4 Å². The summed E-state index contributed by atoms with van der Waals surface area (Å²) in [4.78, 5) is 38.9. The molecule has 0 radical (unpaired) electrons. The molecule has 1 N–H and O–H groups in total. The third kappa shape index (κ3) is 3.61. The molecule has 4 amide bonds. The number of urea groups is 1. The number of carbonyl (C=O) groups excluding carboxylic acids is 3. The van der Waals surface area contributed by atoms with Gasteiger partial charge in [0, 0.05) is 21.1 Å². The van der Waals surface area contributed by atoms with Gasteiger partial charge in [0.25, 0.3) is 11.8 Å². The number of carbonyl (C=O) groups is 3. The zero-order valence-corrected chi connectivity index (χ0v) is 17.6. The lowest BCUT2D eigenvalue weighted by molar-refractivity contribution is -0.122. The Kier molecular flexibility index (Phi) is 5.06. The van der Waals surface area contributed by atoms with Crippen LogP contribution in [-0.4, -0.2) is 22.4 Å². The van der Waals surface area contributed by atoms with E-state index in [9.17, 15) is 14.4 Å². The molecule has 0 atom stereocenters. The fourth-order valence-electron chi connectivity index (χ4n) is 3.19. The summed E-state index contributed by atoms with van der Waals surface area (Å²) in [5.74, 6) is -1.36. The van der Waals surface area contributed by atoms with E-state index in [0.717, 1.165) is 19.7 Å². The van der Waals surface area contributed by atoms with Crippen LogP contribution in [0.25, 0.3) is 11.8 Å². The minimum Gasteiger partial charge on any atom is -0.317 e. The fraction of sp³-hybridized carbons (Fsp3) is 0.0455. The van der Waals surface area contributed by atoms with Crippen LogP contribution in [0, 0.1) is 10.5 Å². The van der Waals surface area contributed by atoms with Crippen molar-refractivity contribution in [3.63, 3.8) is 0 Å². The van der Waals surface area contributed by atoms with Crippen molar-refractivity contribution in [2.45, 2.75) is 6.92 Å². The molecule has 0 spiro atoms. The number of nitrogens with zero attached hydrogens (tertiary/aromatic N) is 2. The van der Waals surface area contributed by atoms with E-state index in [1.807, 2.05) is 47.2 Å². The van der Waals surface area contributed by atoms with Crippen LogP contribution in [0.5, 0.6) is 0 Å². The fourth-order valence-corrected chi connectivity index (χ4v) is 3.55. The average Bonchev–Trinajstić information content (AvgIpc) is 3.15. The van der Waals surface area contributed by atoms with Crippen molar-refractivity contribution in [3.05, 3.63) is 87.3 Å². The van der Waals surface area contributed by atoms with Crippen molar-refractivity contribution in [1.82, 2.24) is 9.88 Å². The maximum atomic E-state index is 13.1. The van der Waals surface area contributed by atoms with Crippen LogP contribution < -0.4 is 10.2 Å². The molecule has 1 aliphatic rings. The van der Waals surface area contributed by atoms with Crippen LogP contribution in [0.4, 0.5) is 10.5 Å². The molecule has 1 aromatic heterocycles. The van der Waals surface area contributed by atoms with Gasteiger partial charge >= 0.3 is 6.03 Å². The number of aryl methyl sites for hydroxylation is 1. The molecule has 1 fully saturated rings. The number of imide groups is 2. The Morgan fingerprint density at radius 3 is 2.38 bits per heavy atom. The first-order chi connectivity index (χ1) is 14.0. The highest BCUT2D eigenvalue weighted by molar-refractivity contribution is 14.1. The van der Waals surface area contributed by atoms with Gasteiger partial charge in [0.2, 0.25) is 0 Å². The van der Waals surface area contributed by atoms with E-state index in [1.54, 1.807) is 31.2 Å². The number of benzene rings is 2.